The lowest BCUT2D eigenvalue weighted by Gasteiger charge is -2.18. The number of thioether (sulfide) groups is 1. The van der Waals surface area contributed by atoms with Crippen LogP contribution < -0.4 is 16.4 Å². The summed E-state index contributed by atoms with van der Waals surface area (Å²) >= 11 is 1.50. The Morgan fingerprint density at radius 2 is 2.37 bits per heavy atom. The van der Waals surface area contributed by atoms with Crippen LogP contribution in [0.5, 0.6) is 0 Å². The van der Waals surface area contributed by atoms with Crippen LogP contribution in [0.1, 0.15) is 13.3 Å². The van der Waals surface area contributed by atoms with E-state index < -0.39 is 0 Å². The SMILES string of the molecule is CC(CCN)C(=O)Nc1ccc2c(c1)NC(=O)CS2. The lowest BCUT2D eigenvalue weighted by molar-refractivity contribution is -0.119. The van der Waals surface area contributed by atoms with Crippen LogP contribution in [0, 0.1) is 5.92 Å². The largest absolute Gasteiger partial charge is 0.330 e. The van der Waals surface area contributed by atoms with Gasteiger partial charge in [-0.2, -0.15) is 0 Å². The van der Waals surface area contributed by atoms with E-state index in [0.29, 0.717) is 24.4 Å². The molecule has 102 valence electrons. The molecule has 0 aliphatic carbocycles. The lowest BCUT2D eigenvalue weighted by atomic mass is 10.1. The minimum Gasteiger partial charge on any atom is -0.330 e. The standard InChI is InChI=1S/C13H17N3O2S/c1-8(4-5-14)13(18)15-9-2-3-11-10(6-9)16-12(17)7-19-11/h2-3,6,8H,4-5,7,14H2,1H3,(H,15,18)(H,16,17). The van der Waals surface area contributed by atoms with Crippen LogP contribution in [0.15, 0.2) is 23.1 Å². The summed E-state index contributed by atoms with van der Waals surface area (Å²) in [4.78, 5) is 24.2. The van der Waals surface area contributed by atoms with Crippen molar-refractivity contribution in [3.8, 4) is 0 Å². The Morgan fingerprint density at radius 3 is 3.11 bits per heavy atom. The lowest BCUT2D eigenvalue weighted by Crippen LogP contribution is -2.23. The summed E-state index contributed by atoms with van der Waals surface area (Å²) in [7, 11) is 0. The zero-order valence-corrected chi connectivity index (χ0v) is 11.5. The Kier molecular flexibility index (Phi) is 4.44. The zero-order valence-electron chi connectivity index (χ0n) is 10.7. The molecule has 0 aromatic heterocycles. The summed E-state index contributed by atoms with van der Waals surface area (Å²) < 4.78 is 0. The molecule has 1 aromatic rings. The summed E-state index contributed by atoms with van der Waals surface area (Å²) in [5.74, 6) is 0.245. The molecule has 1 atom stereocenters. The van der Waals surface area contributed by atoms with E-state index in [0.717, 1.165) is 10.6 Å². The molecule has 4 N–H and O–H groups in total. The molecular formula is C13H17N3O2S. The van der Waals surface area contributed by atoms with Crippen LogP contribution in [0.4, 0.5) is 11.4 Å². The van der Waals surface area contributed by atoms with E-state index in [1.54, 1.807) is 6.07 Å². The van der Waals surface area contributed by atoms with Gasteiger partial charge in [-0.05, 0) is 31.2 Å². The van der Waals surface area contributed by atoms with Gasteiger partial charge in [0, 0.05) is 16.5 Å². The molecule has 0 spiro atoms. The first-order valence-corrected chi connectivity index (χ1v) is 7.16. The van der Waals surface area contributed by atoms with Crippen LogP contribution >= 0.6 is 11.8 Å². The van der Waals surface area contributed by atoms with Crippen LogP contribution in [0.25, 0.3) is 0 Å². The van der Waals surface area contributed by atoms with Gasteiger partial charge in [-0.25, -0.2) is 0 Å². The topological polar surface area (TPSA) is 84.2 Å². The number of fused-ring (bicyclic) bond motifs is 1. The first-order chi connectivity index (χ1) is 9.10. The van der Waals surface area contributed by atoms with Gasteiger partial charge in [-0.3, -0.25) is 9.59 Å². The summed E-state index contributed by atoms with van der Waals surface area (Å²) in [6.45, 7) is 2.34. The first kappa shape index (κ1) is 13.9. The number of rotatable bonds is 4. The van der Waals surface area contributed by atoms with E-state index in [4.69, 9.17) is 5.73 Å². The van der Waals surface area contributed by atoms with Crippen molar-refractivity contribution in [1.82, 2.24) is 0 Å². The molecule has 0 saturated carbocycles. The second kappa shape index (κ2) is 6.08. The third kappa shape index (κ3) is 3.48. The van der Waals surface area contributed by atoms with Gasteiger partial charge in [0.1, 0.15) is 0 Å². The summed E-state index contributed by atoms with van der Waals surface area (Å²) in [6, 6.07) is 5.53. The molecule has 1 aliphatic rings. The molecule has 0 saturated heterocycles. The van der Waals surface area contributed by atoms with Crippen molar-refractivity contribution < 1.29 is 9.59 Å². The number of nitrogens with two attached hydrogens (primary N) is 1. The molecule has 1 unspecified atom stereocenters. The number of amides is 2. The van der Waals surface area contributed by atoms with Crippen molar-refractivity contribution in [2.45, 2.75) is 18.2 Å². The second-order valence-corrected chi connectivity index (χ2v) is 5.53. The third-order valence-corrected chi connectivity index (χ3v) is 4.00. The highest BCUT2D eigenvalue weighted by molar-refractivity contribution is 8.00. The van der Waals surface area contributed by atoms with Gasteiger partial charge >= 0.3 is 0 Å². The molecule has 0 bridgehead atoms. The van der Waals surface area contributed by atoms with Crippen molar-refractivity contribution in [3.05, 3.63) is 18.2 Å². The Hall–Kier alpha value is -1.53. The number of hydrogen-bond donors (Lipinski definition) is 3. The maximum Gasteiger partial charge on any atom is 0.234 e. The van der Waals surface area contributed by atoms with Crippen LogP contribution in [-0.4, -0.2) is 24.1 Å². The maximum atomic E-state index is 11.9. The number of carbonyl (C=O) groups excluding carboxylic acids is 2. The van der Waals surface area contributed by atoms with Crippen LogP contribution in [0.3, 0.4) is 0 Å². The summed E-state index contributed by atoms with van der Waals surface area (Å²) in [6.07, 6.45) is 0.656. The van der Waals surface area contributed by atoms with Crippen LogP contribution in [-0.2, 0) is 9.59 Å². The molecule has 0 fully saturated rings. The number of hydrogen-bond acceptors (Lipinski definition) is 4. The van der Waals surface area contributed by atoms with E-state index >= 15 is 0 Å². The molecule has 19 heavy (non-hydrogen) atoms. The van der Waals surface area contributed by atoms with Gasteiger partial charge in [-0.1, -0.05) is 6.92 Å². The molecule has 6 heteroatoms. The van der Waals surface area contributed by atoms with Gasteiger partial charge in [0.2, 0.25) is 11.8 Å². The van der Waals surface area contributed by atoms with E-state index in [1.165, 1.54) is 11.8 Å². The van der Waals surface area contributed by atoms with E-state index in [-0.39, 0.29) is 17.7 Å². The fourth-order valence-electron chi connectivity index (χ4n) is 1.81. The predicted octanol–water partition coefficient (Wildman–Crippen LogP) is 1.65. The number of anilines is 2. The maximum absolute atomic E-state index is 11.9. The summed E-state index contributed by atoms with van der Waals surface area (Å²) in [5.41, 5.74) is 6.88. The van der Waals surface area contributed by atoms with E-state index in [1.807, 2.05) is 19.1 Å². The predicted molar refractivity (Wildman–Crippen MR) is 77.3 cm³/mol. The first-order valence-electron chi connectivity index (χ1n) is 6.18. The molecule has 5 nitrogen and oxygen atoms in total. The highest BCUT2D eigenvalue weighted by Crippen LogP contribution is 2.33. The Labute approximate surface area is 116 Å². The average molecular weight is 279 g/mol. The average Bonchev–Trinajstić information content (AvgIpc) is 2.38. The quantitative estimate of drug-likeness (QED) is 0.782. The minimum absolute atomic E-state index is 0.0162. The molecule has 1 aliphatic heterocycles. The molecule has 1 heterocycles. The van der Waals surface area contributed by atoms with Gasteiger partial charge < -0.3 is 16.4 Å². The minimum atomic E-state index is -0.120. The molecule has 0 radical (unpaired) electrons. The van der Waals surface area contributed by atoms with Crippen molar-refractivity contribution >= 4 is 35.0 Å². The van der Waals surface area contributed by atoms with Crippen molar-refractivity contribution in [1.29, 1.82) is 0 Å². The fourth-order valence-corrected chi connectivity index (χ4v) is 2.60. The van der Waals surface area contributed by atoms with Gasteiger partial charge in [0.05, 0.1) is 11.4 Å². The Balaban J connectivity index is 2.08. The number of carbonyl (C=O) groups is 2. The van der Waals surface area contributed by atoms with Gasteiger partial charge in [-0.15, -0.1) is 11.8 Å². The van der Waals surface area contributed by atoms with E-state index in [2.05, 4.69) is 10.6 Å². The molecule has 1 aromatic carbocycles. The Bertz CT molecular complexity index is 505. The monoisotopic (exact) mass is 279 g/mol. The van der Waals surface area contributed by atoms with Crippen molar-refractivity contribution in [2.75, 3.05) is 22.9 Å². The second-order valence-electron chi connectivity index (χ2n) is 4.52. The Morgan fingerprint density at radius 1 is 1.58 bits per heavy atom. The van der Waals surface area contributed by atoms with Gasteiger partial charge in [0.25, 0.3) is 0 Å². The summed E-state index contributed by atoms with van der Waals surface area (Å²) in [5, 5.41) is 5.63. The highest BCUT2D eigenvalue weighted by Gasteiger charge is 2.17. The zero-order chi connectivity index (χ0) is 13.8. The third-order valence-electron chi connectivity index (χ3n) is 2.93. The number of nitrogens with one attached hydrogen (secondary N) is 2. The smallest absolute Gasteiger partial charge is 0.234 e. The van der Waals surface area contributed by atoms with Gasteiger partial charge in [0.15, 0.2) is 0 Å². The molecular weight excluding hydrogens is 262 g/mol. The number of benzene rings is 1. The fraction of sp³-hybridized carbons (Fsp3) is 0.385. The van der Waals surface area contributed by atoms with Crippen molar-refractivity contribution in [2.24, 2.45) is 11.7 Å². The molecule has 2 rings (SSSR count). The van der Waals surface area contributed by atoms with Crippen molar-refractivity contribution in [3.63, 3.8) is 0 Å². The normalized spacial score (nSPS) is 15.4. The molecule has 2 amide bonds. The van der Waals surface area contributed by atoms with Crippen LogP contribution in [0.2, 0.25) is 0 Å². The highest BCUT2D eigenvalue weighted by atomic mass is 32.2. The van der Waals surface area contributed by atoms with E-state index in [9.17, 15) is 9.59 Å².